The highest BCUT2D eigenvalue weighted by molar-refractivity contribution is 5.93. The third kappa shape index (κ3) is 3.67. The highest BCUT2D eigenvalue weighted by atomic mass is 16.5. The first-order valence-electron chi connectivity index (χ1n) is 8.05. The van der Waals surface area contributed by atoms with Crippen molar-refractivity contribution < 1.29 is 14.3 Å². The number of esters is 1. The molecule has 0 unspecified atom stereocenters. The number of ether oxygens (including phenoxy) is 1. The third-order valence-corrected chi connectivity index (χ3v) is 4.25. The van der Waals surface area contributed by atoms with Gasteiger partial charge in [0.15, 0.2) is 0 Å². The number of anilines is 1. The van der Waals surface area contributed by atoms with Crippen LogP contribution in [-0.2, 0) is 16.1 Å². The standard InChI is InChI=1S/C19H24N2O3/c1-6-24-19(23)16-10-13(3)21(15(16)5)11-18(22)20-17-9-7-8-12(2)14(17)4/h7-10H,6,11H2,1-5H3,(H,20,22). The molecule has 1 heterocycles. The molecule has 2 aromatic rings. The van der Waals surface area contributed by atoms with E-state index in [4.69, 9.17) is 4.74 Å². The first-order chi connectivity index (χ1) is 11.3. The summed E-state index contributed by atoms with van der Waals surface area (Å²) in [5, 5.41) is 2.94. The molecule has 0 radical (unpaired) electrons. The van der Waals surface area contributed by atoms with Crippen molar-refractivity contribution in [1.82, 2.24) is 4.57 Å². The highest BCUT2D eigenvalue weighted by Gasteiger charge is 2.18. The molecular formula is C19H24N2O3. The maximum Gasteiger partial charge on any atom is 0.339 e. The fourth-order valence-corrected chi connectivity index (χ4v) is 2.68. The molecule has 1 aromatic heterocycles. The van der Waals surface area contributed by atoms with Gasteiger partial charge in [-0.05, 0) is 57.9 Å². The number of aromatic nitrogens is 1. The largest absolute Gasteiger partial charge is 0.462 e. The summed E-state index contributed by atoms with van der Waals surface area (Å²) in [7, 11) is 0. The maximum absolute atomic E-state index is 12.4. The number of aryl methyl sites for hydroxylation is 2. The molecule has 0 aliphatic rings. The Hall–Kier alpha value is -2.56. The van der Waals surface area contributed by atoms with Gasteiger partial charge in [0.25, 0.3) is 0 Å². The molecule has 0 saturated heterocycles. The molecule has 128 valence electrons. The first-order valence-corrected chi connectivity index (χ1v) is 8.05. The quantitative estimate of drug-likeness (QED) is 0.854. The minimum atomic E-state index is -0.355. The van der Waals surface area contributed by atoms with E-state index in [9.17, 15) is 9.59 Å². The number of nitrogens with one attached hydrogen (secondary N) is 1. The number of hydrogen-bond donors (Lipinski definition) is 1. The Labute approximate surface area is 142 Å². The molecule has 0 saturated carbocycles. The second-order valence-electron chi connectivity index (χ2n) is 5.89. The molecule has 2 rings (SSSR count). The summed E-state index contributed by atoms with van der Waals surface area (Å²) in [4.78, 5) is 24.4. The molecule has 1 N–H and O–H groups in total. The average Bonchev–Trinajstić information content (AvgIpc) is 2.80. The number of carbonyl (C=O) groups is 2. The van der Waals surface area contributed by atoms with Gasteiger partial charge in [0, 0.05) is 17.1 Å². The Morgan fingerprint density at radius 2 is 1.88 bits per heavy atom. The zero-order chi connectivity index (χ0) is 17.9. The van der Waals surface area contributed by atoms with Crippen molar-refractivity contribution in [3.8, 4) is 0 Å². The maximum atomic E-state index is 12.4. The van der Waals surface area contributed by atoms with Gasteiger partial charge in [-0.1, -0.05) is 12.1 Å². The van der Waals surface area contributed by atoms with Crippen molar-refractivity contribution in [1.29, 1.82) is 0 Å². The van der Waals surface area contributed by atoms with Crippen molar-refractivity contribution in [3.63, 3.8) is 0 Å². The number of benzene rings is 1. The number of carbonyl (C=O) groups excluding carboxylic acids is 2. The average molecular weight is 328 g/mol. The number of amides is 1. The van der Waals surface area contributed by atoms with Crippen molar-refractivity contribution in [2.75, 3.05) is 11.9 Å². The molecule has 1 amide bonds. The van der Waals surface area contributed by atoms with E-state index < -0.39 is 0 Å². The van der Waals surface area contributed by atoms with Crippen molar-refractivity contribution in [2.45, 2.75) is 41.2 Å². The van der Waals surface area contributed by atoms with Crippen molar-refractivity contribution >= 4 is 17.6 Å². The van der Waals surface area contributed by atoms with Gasteiger partial charge in [0.1, 0.15) is 6.54 Å². The lowest BCUT2D eigenvalue weighted by Crippen LogP contribution is -2.21. The molecule has 0 fully saturated rings. The van der Waals surface area contributed by atoms with Crippen LogP contribution in [0.5, 0.6) is 0 Å². The first kappa shape index (κ1) is 17.8. The van der Waals surface area contributed by atoms with Crippen LogP contribution in [0.4, 0.5) is 5.69 Å². The van der Waals surface area contributed by atoms with E-state index in [-0.39, 0.29) is 18.4 Å². The summed E-state index contributed by atoms with van der Waals surface area (Å²) in [5.41, 5.74) is 5.10. The van der Waals surface area contributed by atoms with E-state index in [2.05, 4.69) is 5.32 Å². The molecule has 1 aromatic carbocycles. The minimum Gasteiger partial charge on any atom is -0.462 e. The van der Waals surface area contributed by atoms with Crippen molar-refractivity contribution in [2.24, 2.45) is 0 Å². The zero-order valence-electron chi connectivity index (χ0n) is 14.9. The van der Waals surface area contributed by atoms with Crippen LogP contribution in [0.2, 0.25) is 0 Å². The molecule has 0 aliphatic carbocycles. The fourth-order valence-electron chi connectivity index (χ4n) is 2.68. The molecule has 0 aliphatic heterocycles. The fraction of sp³-hybridized carbons (Fsp3) is 0.368. The van der Waals surface area contributed by atoms with Crippen LogP contribution in [0.1, 0.15) is 39.8 Å². The van der Waals surface area contributed by atoms with Gasteiger partial charge in [-0.15, -0.1) is 0 Å². The van der Waals surface area contributed by atoms with Crippen LogP contribution in [0.15, 0.2) is 24.3 Å². The summed E-state index contributed by atoms with van der Waals surface area (Å²) < 4.78 is 6.88. The van der Waals surface area contributed by atoms with Crippen LogP contribution in [0.3, 0.4) is 0 Å². The highest BCUT2D eigenvalue weighted by Crippen LogP contribution is 2.19. The lowest BCUT2D eigenvalue weighted by atomic mass is 10.1. The number of hydrogen-bond acceptors (Lipinski definition) is 3. The topological polar surface area (TPSA) is 60.3 Å². The van der Waals surface area contributed by atoms with Crippen LogP contribution >= 0.6 is 0 Å². The monoisotopic (exact) mass is 328 g/mol. The summed E-state index contributed by atoms with van der Waals surface area (Å²) in [6.45, 7) is 9.95. The summed E-state index contributed by atoms with van der Waals surface area (Å²) in [6.07, 6.45) is 0. The molecular weight excluding hydrogens is 304 g/mol. The number of rotatable bonds is 5. The Bertz CT molecular complexity index is 775. The van der Waals surface area contributed by atoms with Gasteiger partial charge < -0.3 is 14.6 Å². The summed E-state index contributed by atoms with van der Waals surface area (Å²) >= 11 is 0. The van der Waals surface area contributed by atoms with Crippen LogP contribution < -0.4 is 5.32 Å². The predicted molar refractivity (Wildman–Crippen MR) is 94.4 cm³/mol. The summed E-state index contributed by atoms with van der Waals surface area (Å²) in [6, 6.07) is 7.58. The van der Waals surface area contributed by atoms with E-state index in [1.807, 2.05) is 50.5 Å². The lowest BCUT2D eigenvalue weighted by molar-refractivity contribution is -0.116. The second-order valence-corrected chi connectivity index (χ2v) is 5.89. The normalized spacial score (nSPS) is 10.5. The molecule has 0 bridgehead atoms. The Morgan fingerprint density at radius 1 is 1.17 bits per heavy atom. The molecule has 5 nitrogen and oxygen atoms in total. The van der Waals surface area contributed by atoms with E-state index in [1.54, 1.807) is 13.0 Å². The van der Waals surface area contributed by atoms with Gasteiger partial charge in [-0.25, -0.2) is 4.79 Å². The predicted octanol–water partition coefficient (Wildman–Crippen LogP) is 3.54. The van der Waals surface area contributed by atoms with Gasteiger partial charge >= 0.3 is 5.97 Å². The zero-order valence-corrected chi connectivity index (χ0v) is 14.9. The Balaban J connectivity index is 2.17. The molecule has 0 atom stereocenters. The van der Waals surface area contributed by atoms with Gasteiger partial charge in [-0.2, -0.15) is 0 Å². The van der Waals surface area contributed by atoms with Crippen molar-refractivity contribution in [3.05, 3.63) is 52.3 Å². The minimum absolute atomic E-state index is 0.124. The molecule has 24 heavy (non-hydrogen) atoms. The Kier molecular flexibility index (Phi) is 5.44. The van der Waals surface area contributed by atoms with E-state index in [0.717, 1.165) is 28.2 Å². The van der Waals surface area contributed by atoms with Crippen LogP contribution in [-0.4, -0.2) is 23.1 Å². The smallest absolute Gasteiger partial charge is 0.339 e. The second kappa shape index (κ2) is 7.34. The molecule has 5 heteroatoms. The van der Waals surface area contributed by atoms with Crippen LogP contribution in [0, 0.1) is 27.7 Å². The van der Waals surface area contributed by atoms with E-state index in [1.165, 1.54) is 0 Å². The SMILES string of the molecule is CCOC(=O)c1cc(C)n(CC(=O)Nc2cccc(C)c2C)c1C. The Morgan fingerprint density at radius 3 is 2.54 bits per heavy atom. The van der Waals surface area contributed by atoms with Gasteiger partial charge in [-0.3, -0.25) is 4.79 Å². The van der Waals surface area contributed by atoms with Gasteiger partial charge in [0.2, 0.25) is 5.91 Å². The molecule has 0 spiro atoms. The lowest BCUT2D eigenvalue weighted by Gasteiger charge is -2.13. The van der Waals surface area contributed by atoms with Gasteiger partial charge in [0.05, 0.1) is 12.2 Å². The third-order valence-electron chi connectivity index (χ3n) is 4.25. The summed E-state index contributed by atoms with van der Waals surface area (Å²) in [5.74, 6) is -0.479. The van der Waals surface area contributed by atoms with E-state index in [0.29, 0.717) is 12.2 Å². The van der Waals surface area contributed by atoms with E-state index >= 15 is 0 Å². The number of nitrogens with zero attached hydrogens (tertiary/aromatic N) is 1. The van der Waals surface area contributed by atoms with Crippen LogP contribution in [0.25, 0.3) is 0 Å².